The number of aliphatic hydroxyl groups excluding tert-OH is 1. The predicted octanol–water partition coefficient (Wildman–Crippen LogP) is 3.33. The van der Waals surface area contributed by atoms with Crippen molar-refractivity contribution in [2.24, 2.45) is 0 Å². The van der Waals surface area contributed by atoms with E-state index in [0.717, 1.165) is 0 Å². The summed E-state index contributed by atoms with van der Waals surface area (Å²) in [6.45, 7) is 0.934. The maximum atomic E-state index is 12.9. The van der Waals surface area contributed by atoms with Crippen LogP contribution in [0.2, 0.25) is 5.02 Å². The molecule has 1 aliphatic rings. The highest BCUT2D eigenvalue weighted by Gasteiger charge is 2.45. The molecule has 2 aromatic carbocycles. The van der Waals surface area contributed by atoms with Crippen LogP contribution in [0.25, 0.3) is 5.76 Å². The van der Waals surface area contributed by atoms with Gasteiger partial charge in [0.05, 0.1) is 18.7 Å². The van der Waals surface area contributed by atoms with E-state index in [-0.39, 0.29) is 11.3 Å². The summed E-state index contributed by atoms with van der Waals surface area (Å²) in [5.41, 5.74) is 1.22. The summed E-state index contributed by atoms with van der Waals surface area (Å²) in [5.74, 6) is -0.903. The topological polar surface area (TPSA) is 70.1 Å². The number of methoxy groups -OCH3 is 1. The second-order valence-corrected chi connectivity index (χ2v) is 7.51. The van der Waals surface area contributed by atoms with E-state index in [9.17, 15) is 14.7 Å². The number of halogens is 1. The zero-order valence-electron chi connectivity index (χ0n) is 16.6. The summed E-state index contributed by atoms with van der Waals surface area (Å²) in [6, 6.07) is 12.9. The Morgan fingerprint density at radius 3 is 2.28 bits per heavy atom. The van der Waals surface area contributed by atoms with Crippen LogP contribution in [-0.4, -0.2) is 60.9 Å². The average molecular weight is 415 g/mol. The number of carbonyl (C=O) groups excluding carboxylic acids is 2. The first-order valence-electron chi connectivity index (χ1n) is 9.16. The maximum absolute atomic E-state index is 12.9. The fourth-order valence-corrected chi connectivity index (χ4v) is 3.44. The second-order valence-electron chi connectivity index (χ2n) is 7.08. The van der Waals surface area contributed by atoms with Crippen molar-refractivity contribution in [2.45, 2.75) is 6.04 Å². The van der Waals surface area contributed by atoms with Crippen LogP contribution in [0.1, 0.15) is 17.2 Å². The predicted molar refractivity (Wildman–Crippen MR) is 112 cm³/mol. The molecule has 7 heteroatoms. The molecule has 0 saturated carbocycles. The number of Topliss-reactive ketones (excluding diaryl/α,β-unsaturated/α-hetero) is 1. The van der Waals surface area contributed by atoms with Gasteiger partial charge in [0.25, 0.3) is 11.7 Å². The molecule has 2 aromatic rings. The first-order valence-corrected chi connectivity index (χ1v) is 9.54. The van der Waals surface area contributed by atoms with Gasteiger partial charge in [0, 0.05) is 23.7 Å². The monoisotopic (exact) mass is 414 g/mol. The number of likely N-dealkylation sites (tertiary alicyclic amines) is 1. The molecule has 29 heavy (non-hydrogen) atoms. The van der Waals surface area contributed by atoms with Crippen LogP contribution < -0.4 is 4.74 Å². The Hall–Kier alpha value is -2.83. The Morgan fingerprint density at radius 1 is 1.10 bits per heavy atom. The molecule has 1 N–H and O–H groups in total. The number of likely N-dealkylation sites (N-methyl/N-ethyl adjacent to an activating group) is 1. The van der Waals surface area contributed by atoms with Crippen LogP contribution in [0.4, 0.5) is 0 Å². The van der Waals surface area contributed by atoms with Gasteiger partial charge < -0.3 is 19.6 Å². The van der Waals surface area contributed by atoms with Crippen LogP contribution in [0, 0.1) is 0 Å². The third-order valence-corrected chi connectivity index (χ3v) is 5.13. The van der Waals surface area contributed by atoms with Crippen molar-refractivity contribution in [3.63, 3.8) is 0 Å². The van der Waals surface area contributed by atoms with E-state index in [0.29, 0.717) is 35.0 Å². The van der Waals surface area contributed by atoms with Crippen LogP contribution in [0.3, 0.4) is 0 Å². The smallest absolute Gasteiger partial charge is 0.295 e. The number of rotatable bonds is 6. The summed E-state index contributed by atoms with van der Waals surface area (Å²) < 4.78 is 5.14. The van der Waals surface area contributed by atoms with Crippen molar-refractivity contribution in [1.82, 2.24) is 9.80 Å². The molecule has 0 radical (unpaired) electrons. The van der Waals surface area contributed by atoms with Crippen molar-refractivity contribution in [3.05, 3.63) is 70.3 Å². The molecule has 6 nitrogen and oxygen atoms in total. The van der Waals surface area contributed by atoms with Gasteiger partial charge in [-0.15, -0.1) is 0 Å². The largest absolute Gasteiger partial charge is 0.507 e. The molecular formula is C22H23ClN2O4. The number of carbonyl (C=O) groups is 2. The number of hydrogen-bond acceptors (Lipinski definition) is 5. The van der Waals surface area contributed by atoms with Gasteiger partial charge in [-0.2, -0.15) is 0 Å². The van der Waals surface area contributed by atoms with E-state index in [1.807, 2.05) is 19.0 Å². The van der Waals surface area contributed by atoms with Gasteiger partial charge in [0.2, 0.25) is 0 Å². The standard InChI is InChI=1S/C22H23ClN2O4/c1-24(2)12-13-25-19(14-4-8-16(23)9-5-14)18(21(27)22(25)28)20(26)15-6-10-17(29-3)11-7-15/h4-11,19,26H,12-13H2,1-3H3/t19-/m0/s1. The third-order valence-electron chi connectivity index (χ3n) is 4.88. The minimum atomic E-state index is -0.697. The zero-order chi connectivity index (χ0) is 21.1. The number of ketones is 1. The molecule has 0 aliphatic carbocycles. The molecule has 0 aromatic heterocycles. The minimum Gasteiger partial charge on any atom is -0.507 e. The first-order chi connectivity index (χ1) is 13.8. The van der Waals surface area contributed by atoms with Crippen molar-refractivity contribution >= 4 is 29.1 Å². The normalized spacial score (nSPS) is 18.5. The lowest BCUT2D eigenvalue weighted by atomic mass is 9.95. The van der Waals surface area contributed by atoms with Gasteiger partial charge in [-0.1, -0.05) is 23.7 Å². The summed E-state index contributed by atoms with van der Waals surface area (Å²) in [4.78, 5) is 29.1. The molecule has 1 aliphatic heterocycles. The van der Waals surface area contributed by atoms with Crippen LogP contribution in [-0.2, 0) is 9.59 Å². The molecule has 0 spiro atoms. The fourth-order valence-electron chi connectivity index (χ4n) is 3.31. The molecule has 1 heterocycles. The summed E-state index contributed by atoms with van der Waals surface area (Å²) in [6.07, 6.45) is 0. The summed E-state index contributed by atoms with van der Waals surface area (Å²) in [7, 11) is 5.34. The van der Waals surface area contributed by atoms with Gasteiger partial charge >= 0.3 is 0 Å². The van der Waals surface area contributed by atoms with E-state index >= 15 is 0 Å². The van der Waals surface area contributed by atoms with E-state index in [2.05, 4.69) is 0 Å². The second kappa shape index (κ2) is 8.68. The number of ether oxygens (including phenoxy) is 1. The molecule has 1 saturated heterocycles. The maximum Gasteiger partial charge on any atom is 0.295 e. The lowest BCUT2D eigenvalue weighted by Gasteiger charge is -2.26. The van der Waals surface area contributed by atoms with Crippen LogP contribution >= 0.6 is 11.6 Å². The quantitative estimate of drug-likeness (QED) is 0.446. The summed E-state index contributed by atoms with van der Waals surface area (Å²) >= 11 is 6.01. The highest BCUT2D eigenvalue weighted by atomic mass is 35.5. The Balaban J connectivity index is 2.11. The molecule has 1 fully saturated rings. The average Bonchev–Trinajstić information content (AvgIpc) is 2.97. The van der Waals surface area contributed by atoms with Gasteiger partial charge in [-0.3, -0.25) is 9.59 Å². The van der Waals surface area contributed by atoms with Crippen molar-refractivity contribution in [3.8, 4) is 5.75 Å². The lowest BCUT2D eigenvalue weighted by Crippen LogP contribution is -2.35. The van der Waals surface area contributed by atoms with E-state index in [4.69, 9.17) is 16.3 Å². The minimum absolute atomic E-state index is 0.0706. The van der Waals surface area contributed by atoms with Gasteiger partial charge in [-0.05, 0) is 56.1 Å². The molecule has 152 valence electrons. The van der Waals surface area contributed by atoms with E-state index < -0.39 is 17.7 Å². The zero-order valence-corrected chi connectivity index (χ0v) is 17.3. The number of aliphatic hydroxyl groups is 1. The van der Waals surface area contributed by atoms with Crippen molar-refractivity contribution in [2.75, 3.05) is 34.3 Å². The Morgan fingerprint density at radius 2 is 1.72 bits per heavy atom. The van der Waals surface area contributed by atoms with Crippen LogP contribution in [0.5, 0.6) is 5.75 Å². The van der Waals surface area contributed by atoms with Gasteiger partial charge in [0.15, 0.2) is 0 Å². The number of hydrogen-bond donors (Lipinski definition) is 1. The Kier molecular flexibility index (Phi) is 6.25. The molecular weight excluding hydrogens is 392 g/mol. The van der Waals surface area contributed by atoms with E-state index in [1.54, 1.807) is 55.6 Å². The number of nitrogens with zero attached hydrogens (tertiary/aromatic N) is 2. The number of benzene rings is 2. The van der Waals surface area contributed by atoms with Gasteiger partial charge in [-0.25, -0.2) is 0 Å². The van der Waals surface area contributed by atoms with Crippen molar-refractivity contribution < 1.29 is 19.4 Å². The van der Waals surface area contributed by atoms with E-state index in [1.165, 1.54) is 4.90 Å². The van der Waals surface area contributed by atoms with Crippen molar-refractivity contribution in [1.29, 1.82) is 0 Å². The highest BCUT2D eigenvalue weighted by Crippen LogP contribution is 2.39. The highest BCUT2D eigenvalue weighted by molar-refractivity contribution is 6.46. The summed E-state index contributed by atoms with van der Waals surface area (Å²) in [5, 5.41) is 11.5. The Bertz CT molecular complexity index is 936. The fraction of sp³-hybridized carbons (Fsp3) is 0.273. The Labute approximate surface area is 174 Å². The SMILES string of the molecule is COc1ccc(C(O)=C2C(=O)C(=O)N(CCN(C)C)[C@H]2c2ccc(Cl)cc2)cc1. The molecule has 1 atom stereocenters. The lowest BCUT2D eigenvalue weighted by molar-refractivity contribution is -0.140. The van der Waals surface area contributed by atoms with Gasteiger partial charge in [0.1, 0.15) is 11.5 Å². The molecule has 3 rings (SSSR count). The van der Waals surface area contributed by atoms with Crippen LogP contribution in [0.15, 0.2) is 54.1 Å². The first kappa shape index (κ1) is 20.9. The molecule has 0 bridgehead atoms. The number of amides is 1. The molecule has 0 unspecified atom stereocenters. The third kappa shape index (κ3) is 4.28. The molecule has 1 amide bonds.